The number of hydrogen-bond donors (Lipinski definition) is 2. The zero-order chi connectivity index (χ0) is 20.9. The molecule has 1 saturated carbocycles. The van der Waals surface area contributed by atoms with E-state index in [9.17, 15) is 9.59 Å². The van der Waals surface area contributed by atoms with Gasteiger partial charge in [-0.05, 0) is 36.0 Å². The van der Waals surface area contributed by atoms with Crippen molar-refractivity contribution in [2.75, 3.05) is 6.54 Å². The fraction of sp³-hybridized carbons (Fsp3) is 0.360. The molecule has 3 aromatic rings. The predicted octanol–water partition coefficient (Wildman–Crippen LogP) is 4.42. The summed E-state index contributed by atoms with van der Waals surface area (Å²) in [5.41, 5.74) is 9.13. The minimum Gasteiger partial charge on any atom is -0.360 e. The van der Waals surface area contributed by atoms with Crippen LogP contribution in [0.4, 0.5) is 0 Å². The highest BCUT2D eigenvalue weighted by molar-refractivity contribution is 6.44. The van der Waals surface area contributed by atoms with Gasteiger partial charge >= 0.3 is 0 Å². The van der Waals surface area contributed by atoms with Gasteiger partial charge in [0.15, 0.2) is 0 Å². The number of fused-ring (bicyclic) bond motifs is 1. The van der Waals surface area contributed by atoms with Gasteiger partial charge in [0, 0.05) is 36.7 Å². The normalized spacial score (nSPS) is 14.7. The molecule has 1 aromatic heterocycles. The fourth-order valence-corrected chi connectivity index (χ4v) is 4.49. The molecule has 156 valence electrons. The van der Waals surface area contributed by atoms with E-state index in [1.807, 2.05) is 48.5 Å². The fourth-order valence-electron chi connectivity index (χ4n) is 4.49. The summed E-state index contributed by atoms with van der Waals surface area (Å²) in [5, 5.41) is 0.790. The predicted molar refractivity (Wildman–Crippen MR) is 119 cm³/mol. The number of aromatic amines is 1. The van der Waals surface area contributed by atoms with Gasteiger partial charge < -0.3 is 15.6 Å². The molecule has 1 amide bonds. The first-order chi connectivity index (χ1) is 14.7. The lowest BCUT2D eigenvalue weighted by atomic mass is 9.88. The molecular formula is C25H29N3O2. The van der Waals surface area contributed by atoms with Crippen LogP contribution in [0.2, 0.25) is 0 Å². The van der Waals surface area contributed by atoms with E-state index in [0.29, 0.717) is 31.1 Å². The number of para-hydroxylation sites is 1. The van der Waals surface area contributed by atoms with E-state index >= 15 is 0 Å². The third kappa shape index (κ3) is 4.46. The lowest BCUT2D eigenvalue weighted by Crippen LogP contribution is -2.39. The molecule has 2 aromatic carbocycles. The van der Waals surface area contributed by atoms with E-state index in [0.717, 1.165) is 34.9 Å². The number of H-pyrrole nitrogens is 1. The zero-order valence-corrected chi connectivity index (χ0v) is 17.3. The van der Waals surface area contributed by atoms with Gasteiger partial charge in [0.05, 0.1) is 5.56 Å². The molecule has 0 radical (unpaired) electrons. The molecule has 5 nitrogen and oxygen atoms in total. The number of nitrogens with zero attached hydrogens (tertiary/aromatic N) is 1. The Morgan fingerprint density at radius 3 is 2.57 bits per heavy atom. The molecule has 0 saturated heterocycles. The Hall–Kier alpha value is -2.92. The number of carbonyl (C=O) groups excluding carboxylic acids is 2. The smallest absolute Gasteiger partial charge is 0.295 e. The van der Waals surface area contributed by atoms with Crippen molar-refractivity contribution in [1.82, 2.24) is 9.88 Å². The van der Waals surface area contributed by atoms with Crippen molar-refractivity contribution in [2.24, 2.45) is 11.7 Å². The molecule has 1 fully saturated rings. The van der Waals surface area contributed by atoms with Gasteiger partial charge in [-0.3, -0.25) is 9.59 Å². The Labute approximate surface area is 177 Å². The maximum absolute atomic E-state index is 13.4. The van der Waals surface area contributed by atoms with E-state index in [-0.39, 0.29) is 0 Å². The number of carbonyl (C=O) groups is 2. The highest BCUT2D eigenvalue weighted by atomic mass is 16.2. The molecule has 0 aliphatic heterocycles. The number of nitrogens with one attached hydrogen (secondary N) is 1. The van der Waals surface area contributed by atoms with E-state index in [1.165, 1.54) is 19.3 Å². The van der Waals surface area contributed by atoms with Gasteiger partial charge in [-0.15, -0.1) is 0 Å². The Bertz CT molecular complexity index is 1030. The zero-order valence-electron chi connectivity index (χ0n) is 17.3. The van der Waals surface area contributed by atoms with Crippen LogP contribution >= 0.6 is 0 Å². The maximum Gasteiger partial charge on any atom is 0.295 e. The summed E-state index contributed by atoms with van der Waals surface area (Å²) in [7, 11) is 0. The highest BCUT2D eigenvalue weighted by Crippen LogP contribution is 2.26. The van der Waals surface area contributed by atoms with E-state index in [1.54, 1.807) is 11.1 Å². The topological polar surface area (TPSA) is 79.2 Å². The van der Waals surface area contributed by atoms with Gasteiger partial charge in [0.2, 0.25) is 0 Å². The lowest BCUT2D eigenvalue weighted by Gasteiger charge is -2.29. The average molecular weight is 404 g/mol. The van der Waals surface area contributed by atoms with E-state index in [2.05, 4.69) is 4.98 Å². The van der Waals surface area contributed by atoms with Gasteiger partial charge in [0.1, 0.15) is 0 Å². The van der Waals surface area contributed by atoms with Crippen LogP contribution in [-0.2, 0) is 17.9 Å². The van der Waals surface area contributed by atoms with Crippen LogP contribution in [-0.4, -0.2) is 28.1 Å². The van der Waals surface area contributed by atoms with Crippen LogP contribution in [0, 0.1) is 5.92 Å². The lowest BCUT2D eigenvalue weighted by molar-refractivity contribution is -0.127. The number of aromatic nitrogens is 1. The summed E-state index contributed by atoms with van der Waals surface area (Å²) < 4.78 is 0. The number of nitrogens with two attached hydrogens (primary N) is 1. The van der Waals surface area contributed by atoms with Crippen molar-refractivity contribution in [3.63, 3.8) is 0 Å². The Morgan fingerprint density at radius 1 is 1.00 bits per heavy atom. The van der Waals surface area contributed by atoms with E-state index < -0.39 is 11.7 Å². The molecule has 0 bridgehead atoms. The molecule has 1 heterocycles. The SMILES string of the molecule is NCc1cccc(CN(CC2CCCCC2)C(=O)C(=O)c2c[nH]c3ccccc23)c1. The molecule has 1 aliphatic rings. The molecule has 1 aliphatic carbocycles. The number of ketones is 1. The molecule has 3 N–H and O–H groups in total. The number of amides is 1. The summed E-state index contributed by atoms with van der Waals surface area (Å²) in [5.74, 6) is -0.419. The third-order valence-electron chi connectivity index (χ3n) is 6.12. The largest absolute Gasteiger partial charge is 0.360 e. The monoisotopic (exact) mass is 403 g/mol. The van der Waals surface area contributed by atoms with Crippen LogP contribution in [0.5, 0.6) is 0 Å². The molecule has 0 unspecified atom stereocenters. The van der Waals surface area contributed by atoms with Crippen LogP contribution in [0.3, 0.4) is 0 Å². The minimum atomic E-state index is -0.446. The van der Waals surface area contributed by atoms with Crippen molar-refractivity contribution in [1.29, 1.82) is 0 Å². The average Bonchev–Trinajstić information content (AvgIpc) is 3.22. The summed E-state index contributed by atoms with van der Waals surface area (Å²) >= 11 is 0. The van der Waals surface area contributed by atoms with Crippen molar-refractivity contribution < 1.29 is 9.59 Å². The third-order valence-corrected chi connectivity index (χ3v) is 6.12. The molecule has 0 spiro atoms. The number of rotatable bonds is 7. The number of hydrogen-bond acceptors (Lipinski definition) is 3. The van der Waals surface area contributed by atoms with Crippen molar-refractivity contribution in [3.05, 3.63) is 71.4 Å². The quantitative estimate of drug-likeness (QED) is 0.453. The molecule has 4 rings (SSSR count). The van der Waals surface area contributed by atoms with Crippen molar-refractivity contribution >= 4 is 22.6 Å². The summed E-state index contributed by atoms with van der Waals surface area (Å²) in [6.45, 7) is 1.51. The van der Waals surface area contributed by atoms with E-state index in [4.69, 9.17) is 5.73 Å². The number of Topliss-reactive ketones (excluding diaryl/α,β-unsaturated/α-hetero) is 1. The Kier molecular flexibility index (Phi) is 6.29. The standard InChI is InChI=1S/C25H29N3O2/c26-14-19-9-6-10-20(13-19)17-28(16-18-7-2-1-3-8-18)25(30)24(29)22-15-27-23-12-5-4-11-21(22)23/h4-6,9-13,15,18,27H,1-3,7-8,14,16-17,26H2. The van der Waals surface area contributed by atoms with Crippen LogP contribution in [0.25, 0.3) is 10.9 Å². The summed E-state index contributed by atoms with van der Waals surface area (Å²) in [6.07, 6.45) is 7.55. The van der Waals surface area contributed by atoms with Gasteiger partial charge in [0.25, 0.3) is 11.7 Å². The second-order valence-electron chi connectivity index (χ2n) is 8.29. The van der Waals surface area contributed by atoms with Gasteiger partial charge in [-0.2, -0.15) is 0 Å². The highest BCUT2D eigenvalue weighted by Gasteiger charge is 2.28. The molecule has 5 heteroatoms. The Balaban J connectivity index is 1.59. The van der Waals surface area contributed by atoms with Crippen LogP contribution in [0.15, 0.2) is 54.7 Å². The van der Waals surface area contributed by atoms with Crippen LogP contribution < -0.4 is 5.73 Å². The van der Waals surface area contributed by atoms with Gasteiger partial charge in [-0.1, -0.05) is 61.7 Å². The Morgan fingerprint density at radius 2 is 1.77 bits per heavy atom. The first-order valence-corrected chi connectivity index (χ1v) is 10.8. The second-order valence-corrected chi connectivity index (χ2v) is 8.29. The first-order valence-electron chi connectivity index (χ1n) is 10.8. The molecule has 0 atom stereocenters. The minimum absolute atomic E-state index is 0.427. The van der Waals surface area contributed by atoms with Crippen molar-refractivity contribution in [3.8, 4) is 0 Å². The summed E-state index contributed by atoms with van der Waals surface area (Å²) in [6, 6.07) is 15.5. The second kappa shape index (κ2) is 9.26. The van der Waals surface area contributed by atoms with Crippen LogP contribution in [0.1, 0.15) is 53.6 Å². The van der Waals surface area contributed by atoms with Crippen molar-refractivity contribution in [2.45, 2.75) is 45.2 Å². The summed E-state index contributed by atoms with van der Waals surface area (Å²) in [4.78, 5) is 31.4. The maximum atomic E-state index is 13.4. The van der Waals surface area contributed by atoms with Gasteiger partial charge in [-0.25, -0.2) is 0 Å². The number of benzene rings is 2. The molecular weight excluding hydrogens is 374 g/mol. The molecule has 30 heavy (non-hydrogen) atoms. The first kappa shape index (κ1) is 20.4.